The van der Waals surface area contributed by atoms with Gasteiger partial charge >= 0.3 is 5.97 Å². The number of aliphatic hydroxyl groups is 2. The van der Waals surface area contributed by atoms with Crippen molar-refractivity contribution in [3.05, 3.63) is 12.2 Å². The molecular weight excluding hydrogens is 344 g/mol. The highest BCUT2D eigenvalue weighted by Crippen LogP contribution is 2.34. The molecule has 2 N–H and O–H groups in total. The minimum absolute atomic E-state index is 0.129. The summed E-state index contributed by atoms with van der Waals surface area (Å²) in [6.07, 6.45) is 11.5. The lowest BCUT2D eigenvalue weighted by Gasteiger charge is -2.18. The van der Waals surface area contributed by atoms with E-state index in [1.54, 1.807) is 13.0 Å². The van der Waals surface area contributed by atoms with Crippen LogP contribution in [0.5, 0.6) is 0 Å². The van der Waals surface area contributed by atoms with Crippen LogP contribution in [0.1, 0.15) is 84.5 Å². The third-order valence-electron chi connectivity index (χ3n) is 5.34. The summed E-state index contributed by atoms with van der Waals surface area (Å²) in [4.78, 5) is 23.5. The molecule has 0 spiro atoms. The molecule has 0 aliphatic heterocycles. The van der Waals surface area contributed by atoms with Gasteiger partial charge in [-0.2, -0.15) is 0 Å². The van der Waals surface area contributed by atoms with Crippen LogP contribution < -0.4 is 0 Å². The average molecular weight is 383 g/mol. The van der Waals surface area contributed by atoms with Gasteiger partial charge in [0.2, 0.25) is 0 Å². The van der Waals surface area contributed by atoms with E-state index in [1.807, 2.05) is 6.08 Å². The molecule has 0 saturated heterocycles. The molecule has 1 unspecified atom stereocenters. The van der Waals surface area contributed by atoms with Crippen molar-refractivity contribution in [3.8, 4) is 0 Å². The van der Waals surface area contributed by atoms with Crippen LogP contribution in [0.2, 0.25) is 0 Å². The predicted octanol–water partition coefficient (Wildman–Crippen LogP) is 3.95. The molecular formula is C22H38O5. The smallest absolute Gasteiger partial charge is 0.305 e. The molecule has 4 atom stereocenters. The summed E-state index contributed by atoms with van der Waals surface area (Å²) in [5, 5.41) is 20.2. The highest BCUT2D eigenvalue weighted by atomic mass is 16.5. The van der Waals surface area contributed by atoms with Crippen LogP contribution in [0, 0.1) is 11.8 Å². The first-order valence-electron chi connectivity index (χ1n) is 10.7. The van der Waals surface area contributed by atoms with E-state index in [0.29, 0.717) is 13.0 Å². The van der Waals surface area contributed by atoms with Gasteiger partial charge in [0.15, 0.2) is 0 Å². The third kappa shape index (κ3) is 9.52. The van der Waals surface area contributed by atoms with Gasteiger partial charge in [-0.05, 0) is 26.2 Å². The molecule has 1 aliphatic carbocycles. The normalized spacial score (nSPS) is 23.9. The summed E-state index contributed by atoms with van der Waals surface area (Å²) in [5.74, 6) is -0.347. The van der Waals surface area contributed by atoms with Crippen molar-refractivity contribution in [2.24, 2.45) is 11.8 Å². The van der Waals surface area contributed by atoms with Crippen molar-refractivity contribution in [1.29, 1.82) is 0 Å². The van der Waals surface area contributed by atoms with Crippen molar-refractivity contribution in [1.82, 2.24) is 0 Å². The Balaban J connectivity index is 2.34. The predicted molar refractivity (Wildman–Crippen MR) is 106 cm³/mol. The number of Topliss-reactive ketones (excluding diaryl/α,β-unsaturated/α-hetero) is 1. The van der Waals surface area contributed by atoms with Crippen molar-refractivity contribution in [2.75, 3.05) is 6.61 Å². The molecule has 1 aliphatic rings. The van der Waals surface area contributed by atoms with E-state index in [1.165, 1.54) is 0 Å². The number of carbonyl (C=O) groups is 2. The highest BCUT2D eigenvalue weighted by Gasteiger charge is 2.39. The zero-order valence-electron chi connectivity index (χ0n) is 17.1. The van der Waals surface area contributed by atoms with Crippen molar-refractivity contribution < 1.29 is 24.5 Å². The number of unbranched alkanes of at least 4 members (excludes halogenated alkanes) is 5. The van der Waals surface area contributed by atoms with Gasteiger partial charge in [-0.15, -0.1) is 0 Å². The summed E-state index contributed by atoms with van der Waals surface area (Å²) in [7, 11) is 0. The summed E-state index contributed by atoms with van der Waals surface area (Å²) in [5.41, 5.74) is 0. The monoisotopic (exact) mass is 382 g/mol. The second-order valence-corrected chi connectivity index (χ2v) is 7.63. The second kappa shape index (κ2) is 13.9. The molecule has 0 bridgehead atoms. The third-order valence-corrected chi connectivity index (χ3v) is 5.34. The number of hydrogen-bond acceptors (Lipinski definition) is 5. The zero-order chi connectivity index (χ0) is 20.1. The van der Waals surface area contributed by atoms with Gasteiger partial charge in [-0.3, -0.25) is 9.59 Å². The Labute approximate surface area is 164 Å². The molecule has 5 heteroatoms. The van der Waals surface area contributed by atoms with Crippen LogP contribution >= 0.6 is 0 Å². The van der Waals surface area contributed by atoms with Crippen molar-refractivity contribution in [2.45, 2.75) is 96.7 Å². The molecule has 0 aromatic rings. The zero-order valence-corrected chi connectivity index (χ0v) is 17.1. The molecule has 0 aromatic heterocycles. The van der Waals surface area contributed by atoms with Crippen LogP contribution in [0.25, 0.3) is 0 Å². The van der Waals surface area contributed by atoms with E-state index in [9.17, 15) is 19.8 Å². The number of carbonyl (C=O) groups excluding carboxylic acids is 2. The van der Waals surface area contributed by atoms with E-state index >= 15 is 0 Å². The van der Waals surface area contributed by atoms with E-state index in [2.05, 4.69) is 6.92 Å². The highest BCUT2D eigenvalue weighted by molar-refractivity contribution is 5.84. The summed E-state index contributed by atoms with van der Waals surface area (Å²) in [6, 6.07) is 0. The SMILES string of the molecule is CCCCC[C@H](O)/C=C/[C@H]1C(O)CC(=O)[C@@H]1CCCCCCC(=O)OCC. The number of ketones is 1. The molecule has 0 aromatic carbocycles. The molecule has 1 rings (SSSR count). The molecule has 156 valence electrons. The van der Waals surface area contributed by atoms with Gasteiger partial charge in [-0.25, -0.2) is 0 Å². The Kier molecular flexibility index (Phi) is 12.3. The fourth-order valence-electron chi connectivity index (χ4n) is 3.77. The molecule has 0 heterocycles. The Hall–Kier alpha value is -1.20. The summed E-state index contributed by atoms with van der Waals surface area (Å²) in [6.45, 7) is 4.36. The lowest BCUT2D eigenvalue weighted by molar-refractivity contribution is -0.143. The molecule has 1 saturated carbocycles. The number of ether oxygens (including phenoxy) is 1. The number of rotatable bonds is 14. The maximum absolute atomic E-state index is 12.2. The molecule has 27 heavy (non-hydrogen) atoms. The number of hydrogen-bond donors (Lipinski definition) is 2. The maximum Gasteiger partial charge on any atom is 0.305 e. The van der Waals surface area contributed by atoms with E-state index in [-0.39, 0.29) is 30.0 Å². The van der Waals surface area contributed by atoms with Crippen LogP contribution in [-0.2, 0) is 14.3 Å². The lowest BCUT2D eigenvalue weighted by atomic mass is 9.88. The van der Waals surface area contributed by atoms with Crippen molar-refractivity contribution >= 4 is 11.8 Å². The second-order valence-electron chi connectivity index (χ2n) is 7.63. The van der Waals surface area contributed by atoms with Gasteiger partial charge < -0.3 is 14.9 Å². The Morgan fingerprint density at radius 2 is 1.93 bits per heavy atom. The lowest BCUT2D eigenvalue weighted by Crippen LogP contribution is -2.19. The van der Waals surface area contributed by atoms with Gasteiger partial charge in [0, 0.05) is 24.7 Å². The van der Waals surface area contributed by atoms with Gasteiger partial charge in [0.05, 0.1) is 18.8 Å². The average Bonchev–Trinajstić information content (AvgIpc) is 2.89. The summed E-state index contributed by atoms with van der Waals surface area (Å²) >= 11 is 0. The molecule has 5 nitrogen and oxygen atoms in total. The Morgan fingerprint density at radius 3 is 2.63 bits per heavy atom. The number of aliphatic hydroxyl groups excluding tert-OH is 2. The topological polar surface area (TPSA) is 83.8 Å². The number of esters is 1. The Morgan fingerprint density at radius 1 is 1.19 bits per heavy atom. The molecule has 0 amide bonds. The quantitative estimate of drug-likeness (QED) is 0.270. The summed E-state index contributed by atoms with van der Waals surface area (Å²) < 4.78 is 4.91. The molecule has 1 fully saturated rings. The first-order valence-corrected chi connectivity index (χ1v) is 10.7. The van der Waals surface area contributed by atoms with Crippen LogP contribution in [-0.4, -0.2) is 40.8 Å². The van der Waals surface area contributed by atoms with Gasteiger partial charge in [0.25, 0.3) is 0 Å². The van der Waals surface area contributed by atoms with Gasteiger partial charge in [0.1, 0.15) is 5.78 Å². The van der Waals surface area contributed by atoms with Gasteiger partial charge in [-0.1, -0.05) is 57.6 Å². The van der Waals surface area contributed by atoms with Crippen molar-refractivity contribution in [3.63, 3.8) is 0 Å². The first-order chi connectivity index (χ1) is 13.0. The minimum atomic E-state index is -0.634. The maximum atomic E-state index is 12.2. The fourth-order valence-corrected chi connectivity index (χ4v) is 3.77. The molecule has 0 radical (unpaired) electrons. The van der Waals surface area contributed by atoms with Crippen LogP contribution in [0.3, 0.4) is 0 Å². The van der Waals surface area contributed by atoms with E-state index in [0.717, 1.165) is 57.8 Å². The standard InChI is InChI=1S/C22H38O5/c1-3-5-8-11-17(23)14-15-19-18(20(24)16-21(19)25)12-9-6-7-10-13-22(26)27-4-2/h14-15,17-19,21,23,25H,3-13,16H2,1-2H3/b15-14+/t17-,18+,19+,21?/m0/s1. The largest absolute Gasteiger partial charge is 0.466 e. The first kappa shape index (κ1) is 23.8. The van der Waals surface area contributed by atoms with E-state index < -0.39 is 12.2 Å². The fraction of sp³-hybridized carbons (Fsp3) is 0.818. The Bertz CT molecular complexity index is 460. The van der Waals surface area contributed by atoms with Crippen LogP contribution in [0.15, 0.2) is 12.2 Å². The van der Waals surface area contributed by atoms with E-state index in [4.69, 9.17) is 4.74 Å². The minimum Gasteiger partial charge on any atom is -0.466 e. The van der Waals surface area contributed by atoms with Crippen LogP contribution in [0.4, 0.5) is 0 Å².